The van der Waals surface area contributed by atoms with E-state index in [1.165, 1.54) is 25.7 Å². The van der Waals surface area contributed by atoms with Crippen LogP contribution < -0.4 is 15.4 Å². The number of carbonyl (C=O) groups excluding carboxylic acids is 1. The van der Waals surface area contributed by atoms with Crippen molar-refractivity contribution in [3.05, 3.63) is 29.8 Å². The number of thiocarbonyl (C=S) groups is 1. The summed E-state index contributed by atoms with van der Waals surface area (Å²) in [5, 5.41) is 5.86. The van der Waals surface area contributed by atoms with E-state index in [4.69, 9.17) is 17.0 Å². The van der Waals surface area contributed by atoms with Gasteiger partial charge in [0, 0.05) is 12.1 Å². The minimum Gasteiger partial charge on any atom is -0.494 e. The molecule has 0 aliphatic heterocycles. The minimum atomic E-state index is -0.211. The largest absolute Gasteiger partial charge is 0.494 e. The third-order valence-electron chi connectivity index (χ3n) is 3.20. The van der Waals surface area contributed by atoms with Crippen LogP contribution in [0.1, 0.15) is 56.3 Å². The second-order valence-electron chi connectivity index (χ2n) is 5.10. The van der Waals surface area contributed by atoms with Gasteiger partial charge < -0.3 is 10.1 Å². The van der Waals surface area contributed by atoms with Gasteiger partial charge in [0.25, 0.3) is 5.91 Å². The van der Waals surface area contributed by atoms with Crippen LogP contribution in [0.3, 0.4) is 0 Å². The van der Waals surface area contributed by atoms with Gasteiger partial charge in [-0.2, -0.15) is 0 Å². The molecular formula is C17H26N2O2S. The molecular weight excluding hydrogens is 296 g/mol. The molecule has 0 spiro atoms. The van der Waals surface area contributed by atoms with Crippen molar-refractivity contribution in [2.24, 2.45) is 0 Å². The molecule has 1 amide bonds. The first-order valence-electron chi connectivity index (χ1n) is 7.99. The van der Waals surface area contributed by atoms with Crippen LogP contribution in [0.15, 0.2) is 24.3 Å². The van der Waals surface area contributed by atoms with E-state index in [1.54, 1.807) is 12.1 Å². The van der Waals surface area contributed by atoms with Crippen molar-refractivity contribution in [2.45, 2.75) is 46.0 Å². The van der Waals surface area contributed by atoms with Gasteiger partial charge in [0.1, 0.15) is 5.75 Å². The number of benzene rings is 1. The highest BCUT2D eigenvalue weighted by atomic mass is 32.1. The molecule has 5 heteroatoms. The molecule has 0 fully saturated rings. The number of nitrogens with one attached hydrogen (secondary N) is 2. The Morgan fingerprint density at radius 1 is 1.09 bits per heavy atom. The highest BCUT2D eigenvalue weighted by molar-refractivity contribution is 7.80. The molecule has 0 atom stereocenters. The molecule has 1 aromatic rings. The van der Waals surface area contributed by atoms with Crippen molar-refractivity contribution in [1.82, 2.24) is 10.6 Å². The average molecular weight is 322 g/mol. The first kappa shape index (κ1) is 18.4. The van der Waals surface area contributed by atoms with Gasteiger partial charge in [-0.3, -0.25) is 10.1 Å². The van der Waals surface area contributed by atoms with Gasteiger partial charge in [-0.25, -0.2) is 0 Å². The van der Waals surface area contributed by atoms with Gasteiger partial charge in [-0.1, -0.05) is 32.6 Å². The van der Waals surface area contributed by atoms with E-state index in [1.807, 2.05) is 19.1 Å². The third-order valence-corrected chi connectivity index (χ3v) is 3.44. The Labute approximate surface area is 138 Å². The molecule has 0 radical (unpaired) electrons. The number of amides is 1. The zero-order valence-electron chi connectivity index (χ0n) is 13.5. The number of hydrogen-bond donors (Lipinski definition) is 2. The quantitative estimate of drug-likeness (QED) is 0.538. The summed E-state index contributed by atoms with van der Waals surface area (Å²) in [7, 11) is 0. The topological polar surface area (TPSA) is 50.4 Å². The van der Waals surface area contributed by atoms with Gasteiger partial charge in [0.15, 0.2) is 5.11 Å². The predicted molar refractivity (Wildman–Crippen MR) is 94.4 cm³/mol. The van der Waals surface area contributed by atoms with Gasteiger partial charge in [-0.15, -0.1) is 0 Å². The minimum absolute atomic E-state index is 0.211. The molecule has 4 nitrogen and oxygen atoms in total. The van der Waals surface area contributed by atoms with Crippen molar-refractivity contribution in [1.29, 1.82) is 0 Å². The fraction of sp³-hybridized carbons (Fsp3) is 0.529. The first-order valence-corrected chi connectivity index (χ1v) is 8.40. The molecule has 0 aliphatic rings. The number of ether oxygens (including phenoxy) is 1. The van der Waals surface area contributed by atoms with Crippen molar-refractivity contribution in [2.75, 3.05) is 13.2 Å². The van der Waals surface area contributed by atoms with Crippen LogP contribution in [-0.4, -0.2) is 24.2 Å². The lowest BCUT2D eigenvalue weighted by Crippen LogP contribution is -2.38. The van der Waals surface area contributed by atoms with Crippen molar-refractivity contribution in [3.8, 4) is 5.75 Å². The zero-order chi connectivity index (χ0) is 16.2. The molecule has 22 heavy (non-hydrogen) atoms. The Bertz CT molecular complexity index is 460. The fourth-order valence-corrected chi connectivity index (χ4v) is 2.22. The SMILES string of the molecule is CCCCCCCOc1ccc(C(=O)NC(=S)NCC)cc1. The molecule has 0 bridgehead atoms. The first-order chi connectivity index (χ1) is 10.7. The molecule has 1 rings (SSSR count). The monoisotopic (exact) mass is 322 g/mol. The molecule has 1 aromatic carbocycles. The lowest BCUT2D eigenvalue weighted by atomic mass is 10.2. The Balaban J connectivity index is 2.33. The molecule has 0 aromatic heterocycles. The molecule has 0 aliphatic carbocycles. The highest BCUT2D eigenvalue weighted by Crippen LogP contribution is 2.13. The van der Waals surface area contributed by atoms with Gasteiger partial charge in [0.2, 0.25) is 0 Å². The van der Waals surface area contributed by atoms with Crippen LogP contribution in [0, 0.1) is 0 Å². The summed E-state index contributed by atoms with van der Waals surface area (Å²) in [5.74, 6) is 0.582. The van der Waals surface area contributed by atoms with Crippen molar-refractivity contribution >= 4 is 23.2 Å². The smallest absolute Gasteiger partial charge is 0.257 e. The maximum atomic E-state index is 11.9. The maximum Gasteiger partial charge on any atom is 0.257 e. The van der Waals surface area contributed by atoms with E-state index in [0.717, 1.165) is 18.8 Å². The number of hydrogen-bond acceptors (Lipinski definition) is 3. The normalized spacial score (nSPS) is 10.1. The third kappa shape index (κ3) is 7.41. The Morgan fingerprint density at radius 2 is 1.77 bits per heavy atom. The van der Waals surface area contributed by atoms with Gasteiger partial charge in [-0.05, 0) is 49.8 Å². The summed E-state index contributed by atoms with van der Waals surface area (Å²) in [4.78, 5) is 11.9. The lowest BCUT2D eigenvalue weighted by molar-refractivity contribution is 0.0976. The molecule has 0 saturated carbocycles. The van der Waals surface area contributed by atoms with Crippen LogP contribution in [0.4, 0.5) is 0 Å². The number of unbranched alkanes of at least 4 members (excludes halogenated alkanes) is 4. The van der Waals surface area contributed by atoms with Crippen LogP contribution in [-0.2, 0) is 0 Å². The highest BCUT2D eigenvalue weighted by Gasteiger charge is 2.07. The second kappa shape index (κ2) is 11.0. The molecule has 122 valence electrons. The number of carbonyl (C=O) groups is 1. The standard InChI is InChI=1S/C17H26N2O2S/c1-3-5-6-7-8-13-21-15-11-9-14(10-12-15)16(20)19-17(22)18-4-2/h9-12H,3-8,13H2,1-2H3,(H2,18,19,20,22). The van der Waals surface area contributed by atoms with Crippen LogP contribution in [0.25, 0.3) is 0 Å². The van der Waals surface area contributed by atoms with Crippen LogP contribution in [0.2, 0.25) is 0 Å². The van der Waals surface area contributed by atoms with E-state index in [2.05, 4.69) is 17.6 Å². The summed E-state index contributed by atoms with van der Waals surface area (Å²) in [6.07, 6.45) is 6.08. The Kier molecular flexibility index (Phi) is 9.23. The van der Waals surface area contributed by atoms with Crippen molar-refractivity contribution < 1.29 is 9.53 Å². The molecule has 0 heterocycles. The van der Waals surface area contributed by atoms with Gasteiger partial charge in [0.05, 0.1) is 6.61 Å². The summed E-state index contributed by atoms with van der Waals surface area (Å²) in [6, 6.07) is 7.13. The summed E-state index contributed by atoms with van der Waals surface area (Å²) in [5.41, 5.74) is 0.565. The summed E-state index contributed by atoms with van der Waals surface area (Å²) in [6.45, 7) is 5.54. The maximum absolute atomic E-state index is 11.9. The molecule has 0 unspecified atom stereocenters. The zero-order valence-corrected chi connectivity index (χ0v) is 14.3. The summed E-state index contributed by atoms with van der Waals surface area (Å²) >= 11 is 4.99. The van der Waals surface area contributed by atoms with E-state index in [9.17, 15) is 4.79 Å². The second-order valence-corrected chi connectivity index (χ2v) is 5.51. The van der Waals surface area contributed by atoms with Crippen LogP contribution >= 0.6 is 12.2 Å². The van der Waals surface area contributed by atoms with E-state index in [0.29, 0.717) is 17.2 Å². The predicted octanol–water partition coefficient (Wildman–Crippen LogP) is 3.66. The van der Waals surface area contributed by atoms with Crippen LogP contribution in [0.5, 0.6) is 5.75 Å². The van der Waals surface area contributed by atoms with E-state index in [-0.39, 0.29) is 5.91 Å². The molecule has 2 N–H and O–H groups in total. The van der Waals surface area contributed by atoms with E-state index < -0.39 is 0 Å². The van der Waals surface area contributed by atoms with Gasteiger partial charge >= 0.3 is 0 Å². The van der Waals surface area contributed by atoms with Crippen molar-refractivity contribution in [3.63, 3.8) is 0 Å². The Hall–Kier alpha value is -1.62. The van der Waals surface area contributed by atoms with E-state index >= 15 is 0 Å². The molecule has 0 saturated heterocycles. The number of rotatable bonds is 9. The Morgan fingerprint density at radius 3 is 2.41 bits per heavy atom. The lowest BCUT2D eigenvalue weighted by Gasteiger charge is -2.09. The average Bonchev–Trinajstić information content (AvgIpc) is 2.51. The fourth-order valence-electron chi connectivity index (χ4n) is 1.98. The summed E-state index contributed by atoms with van der Waals surface area (Å²) < 4.78 is 5.67.